The van der Waals surface area contributed by atoms with Crippen LogP contribution in [0.3, 0.4) is 0 Å². The zero-order valence-electron chi connectivity index (χ0n) is 34.6. The van der Waals surface area contributed by atoms with Gasteiger partial charge >= 0.3 is 5.97 Å². The van der Waals surface area contributed by atoms with Gasteiger partial charge in [-0.05, 0) is 148 Å². The minimum Gasteiger partial charge on any atom is -0.460 e. The highest BCUT2D eigenvalue weighted by Crippen LogP contribution is 2.60. The molecule has 0 heterocycles. The van der Waals surface area contributed by atoms with Gasteiger partial charge in [-0.25, -0.2) is 0 Å². The van der Waals surface area contributed by atoms with Crippen LogP contribution in [0.5, 0.6) is 0 Å². The number of amides is 3. The van der Waals surface area contributed by atoms with Gasteiger partial charge in [0.1, 0.15) is 11.8 Å². The lowest BCUT2D eigenvalue weighted by Gasteiger charge is -2.58. The third-order valence-electron chi connectivity index (χ3n) is 14.3. The molecular formula is C45H65N5O6. The lowest BCUT2D eigenvalue weighted by atomic mass is 9.48. The van der Waals surface area contributed by atoms with Crippen LogP contribution in [0.2, 0.25) is 0 Å². The predicted molar refractivity (Wildman–Crippen MR) is 219 cm³/mol. The fourth-order valence-electron chi connectivity index (χ4n) is 11.4. The number of rotatable bonds is 10. The van der Waals surface area contributed by atoms with Crippen molar-refractivity contribution < 1.29 is 29.0 Å². The molecule has 0 bridgehead atoms. The van der Waals surface area contributed by atoms with Gasteiger partial charge in [-0.2, -0.15) is 0 Å². The van der Waals surface area contributed by atoms with Crippen LogP contribution in [0.4, 0.5) is 11.4 Å². The number of esters is 1. The van der Waals surface area contributed by atoms with Crippen molar-refractivity contribution in [2.24, 2.45) is 34.1 Å². The topological polar surface area (TPSA) is 186 Å². The van der Waals surface area contributed by atoms with Crippen LogP contribution in [-0.4, -0.2) is 53.2 Å². The Morgan fingerprint density at radius 2 is 1.39 bits per heavy atom. The number of benzene rings is 2. The van der Waals surface area contributed by atoms with Crippen molar-refractivity contribution in [3.8, 4) is 0 Å². The van der Waals surface area contributed by atoms with Crippen molar-refractivity contribution in [3.63, 3.8) is 0 Å². The number of aliphatic hydroxyl groups is 1. The Morgan fingerprint density at radius 1 is 0.839 bits per heavy atom. The van der Waals surface area contributed by atoms with E-state index in [1.807, 2.05) is 12.1 Å². The summed E-state index contributed by atoms with van der Waals surface area (Å²) in [6.07, 6.45) is 7.82. The molecule has 2 saturated carbocycles. The lowest BCUT2D eigenvalue weighted by molar-refractivity contribution is -0.155. The van der Waals surface area contributed by atoms with E-state index in [9.17, 15) is 24.3 Å². The van der Waals surface area contributed by atoms with E-state index in [1.165, 1.54) is 16.7 Å². The number of anilines is 2. The third kappa shape index (κ3) is 7.88. The Kier molecular flexibility index (Phi) is 11.6. The molecule has 1 unspecified atom stereocenters. The summed E-state index contributed by atoms with van der Waals surface area (Å²) in [4.78, 5) is 52.2. The molecule has 11 heteroatoms. The number of carbonyl (C=O) groups is 4. The van der Waals surface area contributed by atoms with Gasteiger partial charge in [0.15, 0.2) is 0 Å². The van der Waals surface area contributed by atoms with E-state index >= 15 is 0 Å². The number of aliphatic hydroxyl groups excluding tert-OH is 1. The summed E-state index contributed by atoms with van der Waals surface area (Å²) in [5, 5.41) is 21.3. The average Bonchev–Trinajstić information content (AvgIpc) is 3.13. The number of fused-ring (bicyclic) bond motifs is 6. The molecule has 3 amide bonds. The molecule has 0 aromatic heterocycles. The van der Waals surface area contributed by atoms with E-state index in [0.29, 0.717) is 5.69 Å². The Bertz CT molecular complexity index is 1860. The van der Waals surface area contributed by atoms with Gasteiger partial charge in [0.25, 0.3) is 0 Å². The van der Waals surface area contributed by atoms with E-state index in [1.54, 1.807) is 20.8 Å². The Morgan fingerprint density at radius 3 is 1.98 bits per heavy atom. The van der Waals surface area contributed by atoms with Crippen LogP contribution in [0.25, 0.3) is 0 Å². The van der Waals surface area contributed by atoms with Crippen molar-refractivity contribution in [1.29, 1.82) is 0 Å². The molecule has 4 aliphatic rings. The summed E-state index contributed by atoms with van der Waals surface area (Å²) in [5.74, 6) is -0.928. The molecule has 56 heavy (non-hydrogen) atoms. The number of hydrogen-bond acceptors (Lipinski definition) is 8. The van der Waals surface area contributed by atoms with Gasteiger partial charge in [-0.15, -0.1) is 0 Å². The molecule has 0 radical (unpaired) electrons. The Hall–Kier alpha value is -3.80. The maximum absolute atomic E-state index is 14.7. The zero-order chi connectivity index (χ0) is 40.8. The molecular weight excluding hydrogens is 707 g/mol. The van der Waals surface area contributed by atoms with Gasteiger partial charge < -0.3 is 37.3 Å². The summed E-state index contributed by atoms with van der Waals surface area (Å²) in [6, 6.07) is 11.3. The van der Waals surface area contributed by atoms with E-state index < -0.39 is 28.7 Å². The van der Waals surface area contributed by atoms with Crippen molar-refractivity contribution in [2.75, 3.05) is 17.2 Å². The Balaban J connectivity index is 1.17. The molecule has 6 rings (SSSR count). The third-order valence-corrected chi connectivity index (χ3v) is 14.3. The van der Waals surface area contributed by atoms with Gasteiger partial charge in [-0.3, -0.25) is 19.2 Å². The quantitative estimate of drug-likeness (QED) is 0.123. The first-order chi connectivity index (χ1) is 26.2. The monoisotopic (exact) mass is 771 g/mol. The zero-order valence-corrected chi connectivity index (χ0v) is 34.6. The molecule has 8 N–H and O–H groups in total. The second kappa shape index (κ2) is 15.5. The first-order valence-corrected chi connectivity index (χ1v) is 20.8. The molecule has 306 valence electrons. The lowest BCUT2D eigenvalue weighted by Crippen LogP contribution is -2.61. The van der Waals surface area contributed by atoms with Crippen LogP contribution in [0, 0.1) is 22.7 Å². The summed E-state index contributed by atoms with van der Waals surface area (Å²) in [5.41, 5.74) is 15.6. The minimum atomic E-state index is -1.02. The first kappa shape index (κ1) is 41.8. The van der Waals surface area contributed by atoms with E-state index in [-0.39, 0.29) is 65.7 Å². The smallest absolute Gasteiger partial charge is 0.306 e. The summed E-state index contributed by atoms with van der Waals surface area (Å²) >= 11 is 0. The molecule has 4 aliphatic carbocycles. The minimum absolute atomic E-state index is 0.0265. The first-order valence-electron chi connectivity index (χ1n) is 20.8. The Labute approximate surface area is 332 Å². The highest BCUT2D eigenvalue weighted by Gasteiger charge is 2.58. The van der Waals surface area contributed by atoms with Crippen molar-refractivity contribution in [3.05, 3.63) is 58.7 Å². The van der Waals surface area contributed by atoms with Gasteiger partial charge in [0, 0.05) is 23.2 Å². The van der Waals surface area contributed by atoms with Crippen LogP contribution >= 0.6 is 0 Å². The molecule has 0 saturated heterocycles. The highest BCUT2D eigenvalue weighted by atomic mass is 16.6. The van der Waals surface area contributed by atoms with E-state index in [2.05, 4.69) is 67.9 Å². The van der Waals surface area contributed by atoms with Gasteiger partial charge in [0.2, 0.25) is 17.7 Å². The van der Waals surface area contributed by atoms with E-state index in [0.717, 1.165) is 75.5 Å². The van der Waals surface area contributed by atoms with Crippen molar-refractivity contribution in [1.82, 2.24) is 5.32 Å². The highest BCUT2D eigenvalue weighted by molar-refractivity contribution is 5.95. The number of aryl methyl sites for hydroxylation is 2. The maximum atomic E-state index is 14.7. The summed E-state index contributed by atoms with van der Waals surface area (Å²) in [6.45, 7) is 14.1. The van der Waals surface area contributed by atoms with E-state index in [4.69, 9.17) is 16.2 Å². The van der Waals surface area contributed by atoms with Crippen molar-refractivity contribution >= 4 is 35.1 Å². The molecule has 2 aromatic carbocycles. The molecule has 11 nitrogen and oxygen atoms in total. The largest absolute Gasteiger partial charge is 0.460 e. The van der Waals surface area contributed by atoms with Crippen LogP contribution in [-0.2, 0) is 47.6 Å². The number of nitrogens with one attached hydrogen (secondary N) is 3. The number of nitrogens with two attached hydrogens (primary N) is 2. The second-order valence-corrected chi connectivity index (χ2v) is 19.2. The number of hydrogen-bond donors (Lipinski definition) is 6. The summed E-state index contributed by atoms with van der Waals surface area (Å²) in [7, 11) is 0. The summed E-state index contributed by atoms with van der Waals surface area (Å²) < 4.78 is 5.37. The maximum Gasteiger partial charge on any atom is 0.306 e. The average molecular weight is 772 g/mol. The molecule has 2 fully saturated rings. The van der Waals surface area contributed by atoms with Crippen molar-refractivity contribution in [2.45, 2.75) is 154 Å². The SMILES string of the molecule is CC(C)(C)OC(=O)CC[C@H](N)C(=O)Nc1ccc2c(c1)[C@@]1(C)CCC[C@](C)(C(=O)NC(O)[C@@]3(C)CCC[C@]4(C)c5cc(NC(=O)CN)ccc5CC[C@H]43)[C@@H]1CC2. The number of carbonyl (C=O) groups excluding carboxylic acids is 4. The van der Waals surface area contributed by atoms with Gasteiger partial charge in [-0.1, -0.05) is 52.7 Å². The number of ether oxygens (including phenoxy) is 1. The van der Waals surface area contributed by atoms with Crippen LogP contribution in [0.15, 0.2) is 36.4 Å². The fourth-order valence-corrected chi connectivity index (χ4v) is 11.4. The standard InChI is InChI=1S/C45H65N5O6/c1-41(2,3)56-37(52)19-16-33(47)38(53)49-30-15-11-28-13-18-35-43(5,32(28)25-30)21-9-23-45(35,7)40(55)50-39(54)44(6)22-8-20-42(4)31-24-29(48-36(51)26-46)14-10-27(31)12-17-34(42)44/h10-11,14-15,24-25,33-35,39,54H,8-9,12-13,16-23,26,46-47H2,1-7H3,(H,48,51)(H,49,53)(H,50,55)/t33-,34+,35+,39?,42+,43+,44-,45-/m0/s1. The second-order valence-electron chi connectivity index (χ2n) is 19.2. The molecule has 0 aliphatic heterocycles. The van der Waals surface area contributed by atoms with Gasteiger partial charge in [0.05, 0.1) is 18.0 Å². The molecule has 8 atom stereocenters. The molecule has 0 spiro atoms. The predicted octanol–water partition coefficient (Wildman–Crippen LogP) is 6.13. The normalized spacial score (nSPS) is 30.6. The fraction of sp³-hybridized carbons (Fsp3) is 0.644. The van der Waals surface area contributed by atoms with Crippen LogP contribution in [0.1, 0.15) is 135 Å². The molecule has 2 aromatic rings. The van der Waals surface area contributed by atoms with Crippen LogP contribution < -0.4 is 27.4 Å².